The van der Waals surface area contributed by atoms with Crippen molar-refractivity contribution in [1.29, 1.82) is 0 Å². The molecule has 0 saturated heterocycles. The van der Waals surface area contributed by atoms with Gasteiger partial charge in [-0.15, -0.1) is 0 Å². The zero-order chi connectivity index (χ0) is 8.27. The third-order valence-corrected chi connectivity index (χ3v) is 1.26. The van der Waals surface area contributed by atoms with Gasteiger partial charge in [-0.2, -0.15) is 0 Å². The lowest BCUT2D eigenvalue weighted by atomic mass is 10.2. The van der Waals surface area contributed by atoms with E-state index in [0.717, 1.165) is 6.07 Å². The van der Waals surface area contributed by atoms with Crippen LogP contribution in [0.2, 0.25) is 0 Å². The lowest BCUT2D eigenvalue weighted by Gasteiger charge is -1.95. The fraction of sp³-hybridized carbons (Fsp3) is 0.111. The molecule has 58 valence electrons. The standard InChI is InChI=1S/C9H9FO/c1-2-3-7-4-8(10)6-9(11)5-7/h2-6,11H,1H3/b3-2+. The van der Waals surface area contributed by atoms with Crippen LogP contribution in [0.3, 0.4) is 0 Å². The van der Waals surface area contributed by atoms with Gasteiger partial charge in [0.1, 0.15) is 11.6 Å². The minimum Gasteiger partial charge on any atom is -0.508 e. The van der Waals surface area contributed by atoms with E-state index in [4.69, 9.17) is 5.11 Å². The Balaban J connectivity index is 3.08. The van der Waals surface area contributed by atoms with Crippen molar-refractivity contribution in [1.82, 2.24) is 0 Å². The molecular formula is C9H9FO. The number of hydrogen-bond acceptors (Lipinski definition) is 1. The van der Waals surface area contributed by atoms with Crippen molar-refractivity contribution in [3.63, 3.8) is 0 Å². The largest absolute Gasteiger partial charge is 0.508 e. The first-order valence-corrected chi connectivity index (χ1v) is 3.34. The third-order valence-electron chi connectivity index (χ3n) is 1.26. The van der Waals surface area contributed by atoms with Crippen molar-refractivity contribution >= 4 is 6.08 Å². The molecule has 0 bridgehead atoms. The normalized spacial score (nSPS) is 10.7. The van der Waals surface area contributed by atoms with E-state index in [2.05, 4.69) is 0 Å². The van der Waals surface area contributed by atoms with Gasteiger partial charge in [0.2, 0.25) is 0 Å². The second kappa shape index (κ2) is 3.19. The first kappa shape index (κ1) is 7.79. The lowest BCUT2D eigenvalue weighted by molar-refractivity contribution is 0.469. The highest BCUT2D eigenvalue weighted by Crippen LogP contribution is 2.15. The molecule has 0 aliphatic heterocycles. The molecule has 0 unspecified atom stereocenters. The Morgan fingerprint density at radius 2 is 2.09 bits per heavy atom. The molecule has 0 radical (unpaired) electrons. The monoisotopic (exact) mass is 152 g/mol. The summed E-state index contributed by atoms with van der Waals surface area (Å²) >= 11 is 0. The molecule has 0 spiro atoms. The van der Waals surface area contributed by atoms with E-state index in [1.165, 1.54) is 12.1 Å². The Morgan fingerprint density at radius 3 is 2.64 bits per heavy atom. The van der Waals surface area contributed by atoms with Crippen molar-refractivity contribution in [2.24, 2.45) is 0 Å². The van der Waals surface area contributed by atoms with E-state index in [0.29, 0.717) is 5.56 Å². The summed E-state index contributed by atoms with van der Waals surface area (Å²) in [4.78, 5) is 0. The highest BCUT2D eigenvalue weighted by atomic mass is 19.1. The number of phenols is 1. The first-order valence-electron chi connectivity index (χ1n) is 3.34. The predicted octanol–water partition coefficient (Wildman–Crippen LogP) is 2.56. The van der Waals surface area contributed by atoms with Crippen LogP contribution in [0.25, 0.3) is 6.08 Å². The molecule has 0 aliphatic carbocycles. The molecule has 1 aromatic rings. The number of phenolic OH excluding ortho intramolecular Hbond substituents is 1. The van der Waals surface area contributed by atoms with Gasteiger partial charge in [-0.1, -0.05) is 12.2 Å². The molecule has 0 aromatic heterocycles. The summed E-state index contributed by atoms with van der Waals surface area (Å²) < 4.78 is 12.6. The van der Waals surface area contributed by atoms with E-state index in [1.807, 2.05) is 6.92 Å². The molecule has 0 fully saturated rings. The molecule has 0 amide bonds. The summed E-state index contributed by atoms with van der Waals surface area (Å²) in [5.41, 5.74) is 0.671. The van der Waals surface area contributed by atoms with Crippen LogP contribution in [0.4, 0.5) is 4.39 Å². The molecule has 1 N–H and O–H groups in total. The zero-order valence-electron chi connectivity index (χ0n) is 6.21. The van der Waals surface area contributed by atoms with E-state index >= 15 is 0 Å². The number of halogens is 1. The summed E-state index contributed by atoms with van der Waals surface area (Å²) in [6.07, 6.45) is 3.51. The van der Waals surface area contributed by atoms with Gasteiger partial charge in [-0.25, -0.2) is 4.39 Å². The minimum atomic E-state index is -0.418. The number of allylic oxidation sites excluding steroid dienone is 1. The van der Waals surface area contributed by atoms with Crippen molar-refractivity contribution in [3.8, 4) is 5.75 Å². The number of benzene rings is 1. The summed E-state index contributed by atoms with van der Waals surface area (Å²) in [5, 5.41) is 8.95. The minimum absolute atomic E-state index is 0.0434. The van der Waals surface area contributed by atoms with Crippen molar-refractivity contribution in [2.75, 3.05) is 0 Å². The van der Waals surface area contributed by atoms with Gasteiger partial charge in [-0.05, 0) is 24.6 Å². The maximum Gasteiger partial charge on any atom is 0.127 e. The zero-order valence-corrected chi connectivity index (χ0v) is 6.21. The Morgan fingerprint density at radius 1 is 1.36 bits per heavy atom. The highest BCUT2D eigenvalue weighted by molar-refractivity contribution is 5.51. The van der Waals surface area contributed by atoms with Crippen LogP contribution in [0.15, 0.2) is 24.3 Å². The quantitative estimate of drug-likeness (QED) is 0.655. The highest BCUT2D eigenvalue weighted by Gasteiger charge is 1.94. The van der Waals surface area contributed by atoms with Gasteiger partial charge >= 0.3 is 0 Å². The maximum atomic E-state index is 12.6. The van der Waals surface area contributed by atoms with Crippen LogP contribution in [0.5, 0.6) is 5.75 Å². The Kier molecular flexibility index (Phi) is 2.26. The van der Waals surface area contributed by atoms with Crippen LogP contribution >= 0.6 is 0 Å². The van der Waals surface area contributed by atoms with Gasteiger partial charge in [0.25, 0.3) is 0 Å². The molecule has 0 atom stereocenters. The number of rotatable bonds is 1. The van der Waals surface area contributed by atoms with Gasteiger partial charge < -0.3 is 5.11 Å². The lowest BCUT2D eigenvalue weighted by Crippen LogP contribution is -1.76. The van der Waals surface area contributed by atoms with Gasteiger partial charge in [-0.3, -0.25) is 0 Å². The summed E-state index contributed by atoms with van der Waals surface area (Å²) in [5.74, 6) is -0.462. The van der Waals surface area contributed by atoms with Crippen molar-refractivity contribution in [3.05, 3.63) is 35.7 Å². The van der Waals surface area contributed by atoms with E-state index in [-0.39, 0.29) is 5.75 Å². The van der Waals surface area contributed by atoms with Crippen LogP contribution in [0, 0.1) is 5.82 Å². The SMILES string of the molecule is C/C=C/c1cc(O)cc(F)c1. The molecular weight excluding hydrogens is 143 g/mol. The van der Waals surface area contributed by atoms with Crippen LogP contribution in [-0.2, 0) is 0 Å². The molecule has 2 heteroatoms. The maximum absolute atomic E-state index is 12.6. The van der Waals surface area contributed by atoms with E-state index in [9.17, 15) is 4.39 Å². The van der Waals surface area contributed by atoms with E-state index < -0.39 is 5.82 Å². The number of aromatic hydroxyl groups is 1. The smallest absolute Gasteiger partial charge is 0.127 e. The van der Waals surface area contributed by atoms with E-state index in [1.54, 1.807) is 12.2 Å². The second-order valence-electron chi connectivity index (χ2n) is 2.24. The van der Waals surface area contributed by atoms with Gasteiger partial charge in [0, 0.05) is 6.07 Å². The molecule has 1 rings (SSSR count). The van der Waals surface area contributed by atoms with Crippen LogP contribution in [0.1, 0.15) is 12.5 Å². The summed E-state index contributed by atoms with van der Waals surface area (Å²) in [6.45, 7) is 1.84. The average Bonchev–Trinajstić information content (AvgIpc) is 1.85. The topological polar surface area (TPSA) is 20.2 Å². The molecule has 11 heavy (non-hydrogen) atoms. The Labute approximate surface area is 64.8 Å². The second-order valence-corrected chi connectivity index (χ2v) is 2.24. The summed E-state index contributed by atoms with van der Waals surface area (Å²) in [7, 11) is 0. The predicted molar refractivity (Wildman–Crippen MR) is 42.8 cm³/mol. The molecule has 0 saturated carbocycles. The summed E-state index contributed by atoms with van der Waals surface area (Å²) in [6, 6.07) is 3.94. The molecule has 0 heterocycles. The molecule has 1 aromatic carbocycles. The van der Waals surface area contributed by atoms with Crippen LogP contribution < -0.4 is 0 Å². The fourth-order valence-corrected chi connectivity index (χ4v) is 0.885. The molecule has 1 nitrogen and oxygen atoms in total. The first-order chi connectivity index (χ1) is 5.22. The van der Waals surface area contributed by atoms with Gasteiger partial charge in [0.15, 0.2) is 0 Å². The molecule has 0 aliphatic rings. The van der Waals surface area contributed by atoms with Crippen LogP contribution in [-0.4, -0.2) is 5.11 Å². The Hall–Kier alpha value is -1.31. The fourth-order valence-electron chi connectivity index (χ4n) is 0.885. The van der Waals surface area contributed by atoms with Crippen molar-refractivity contribution < 1.29 is 9.50 Å². The van der Waals surface area contributed by atoms with Crippen molar-refractivity contribution in [2.45, 2.75) is 6.92 Å². The number of hydrogen-bond donors (Lipinski definition) is 1. The Bertz CT molecular complexity index is 259. The van der Waals surface area contributed by atoms with Gasteiger partial charge in [0.05, 0.1) is 0 Å². The average molecular weight is 152 g/mol. The third kappa shape index (κ3) is 2.08.